The third-order valence-electron chi connectivity index (χ3n) is 5.19. The van der Waals surface area contributed by atoms with Gasteiger partial charge in [0.15, 0.2) is 0 Å². The molecule has 134 valence electrons. The van der Waals surface area contributed by atoms with Crippen molar-refractivity contribution in [3.63, 3.8) is 0 Å². The van der Waals surface area contributed by atoms with E-state index < -0.39 is 16.3 Å². The monoisotopic (exact) mass is 371 g/mol. The molecule has 8 heteroatoms. The Hall–Kier alpha value is -0.960. The summed E-state index contributed by atoms with van der Waals surface area (Å²) in [7, 11) is -2.17. The lowest BCUT2D eigenvalue weighted by Crippen LogP contribution is -2.60. The molecule has 1 aromatic heterocycles. The first kappa shape index (κ1) is 17.8. The summed E-state index contributed by atoms with van der Waals surface area (Å²) in [4.78, 5) is 16.0. The summed E-state index contributed by atoms with van der Waals surface area (Å²) in [5.74, 6) is -0.0659. The van der Waals surface area contributed by atoms with Crippen LogP contribution >= 0.6 is 11.3 Å². The number of likely N-dealkylation sites (N-methyl/N-ethyl adjacent to an activating group) is 1. The fraction of sp³-hybridized carbons (Fsp3) is 0.688. The third-order valence-corrected chi connectivity index (χ3v) is 7.77. The van der Waals surface area contributed by atoms with Gasteiger partial charge in [-0.15, -0.1) is 11.3 Å². The highest BCUT2D eigenvalue weighted by atomic mass is 32.2. The number of thiophene rings is 1. The number of piperidine rings is 1. The maximum Gasteiger partial charge on any atom is 0.280 e. The lowest BCUT2D eigenvalue weighted by Gasteiger charge is -2.44. The van der Waals surface area contributed by atoms with E-state index in [1.807, 2.05) is 22.4 Å². The van der Waals surface area contributed by atoms with Crippen molar-refractivity contribution in [2.24, 2.45) is 0 Å². The van der Waals surface area contributed by atoms with E-state index in [1.54, 1.807) is 0 Å². The van der Waals surface area contributed by atoms with E-state index in [0.29, 0.717) is 6.42 Å². The van der Waals surface area contributed by atoms with Crippen LogP contribution in [-0.2, 0) is 15.0 Å². The number of carbonyl (C=O) groups is 1. The standard InChI is InChI=1S/C16H25N3O3S2/c1-11-6-4-7-12(2)19(11)16(20)14-10-13(15-8-5-9-23-15)17-24(21,22)18(14)3/h5,8-9,11-14,17H,4,6-7,10H2,1-3H3/t11-,12-,13+,14-/m1/s1. The van der Waals surface area contributed by atoms with Crippen molar-refractivity contribution in [3.05, 3.63) is 22.4 Å². The summed E-state index contributed by atoms with van der Waals surface area (Å²) in [6.07, 6.45) is 3.53. The molecule has 0 unspecified atom stereocenters. The molecule has 0 aliphatic carbocycles. The highest BCUT2D eigenvalue weighted by molar-refractivity contribution is 7.87. The van der Waals surface area contributed by atoms with E-state index in [-0.39, 0.29) is 24.0 Å². The second kappa shape index (κ2) is 6.74. The van der Waals surface area contributed by atoms with Crippen LogP contribution < -0.4 is 4.72 Å². The third kappa shape index (κ3) is 3.24. The zero-order chi connectivity index (χ0) is 17.5. The minimum absolute atomic E-state index is 0.0659. The largest absolute Gasteiger partial charge is 0.336 e. The molecule has 0 spiro atoms. The molecule has 24 heavy (non-hydrogen) atoms. The molecule has 1 N–H and O–H groups in total. The van der Waals surface area contributed by atoms with Gasteiger partial charge in [0.05, 0.1) is 6.04 Å². The number of amides is 1. The van der Waals surface area contributed by atoms with Crippen molar-refractivity contribution in [1.29, 1.82) is 0 Å². The van der Waals surface area contributed by atoms with Gasteiger partial charge in [0.2, 0.25) is 5.91 Å². The highest BCUT2D eigenvalue weighted by Gasteiger charge is 2.44. The van der Waals surface area contributed by atoms with E-state index in [1.165, 1.54) is 22.7 Å². The van der Waals surface area contributed by atoms with Crippen molar-refractivity contribution in [1.82, 2.24) is 13.9 Å². The van der Waals surface area contributed by atoms with Crippen LogP contribution in [-0.4, -0.2) is 48.7 Å². The molecule has 0 aromatic carbocycles. The Morgan fingerprint density at radius 1 is 1.29 bits per heavy atom. The van der Waals surface area contributed by atoms with Crippen molar-refractivity contribution in [3.8, 4) is 0 Å². The fourth-order valence-corrected chi connectivity index (χ4v) is 5.92. The lowest BCUT2D eigenvalue weighted by molar-refractivity contribution is -0.142. The number of nitrogens with one attached hydrogen (secondary N) is 1. The molecule has 1 amide bonds. The van der Waals surface area contributed by atoms with Crippen molar-refractivity contribution in [2.75, 3.05) is 7.05 Å². The summed E-state index contributed by atoms with van der Waals surface area (Å²) in [5, 5.41) is 1.92. The molecule has 3 heterocycles. The Morgan fingerprint density at radius 2 is 1.96 bits per heavy atom. The smallest absolute Gasteiger partial charge is 0.280 e. The van der Waals surface area contributed by atoms with Gasteiger partial charge in [-0.2, -0.15) is 17.4 Å². The van der Waals surface area contributed by atoms with Crippen LogP contribution in [0.3, 0.4) is 0 Å². The van der Waals surface area contributed by atoms with Gasteiger partial charge in [-0.3, -0.25) is 4.79 Å². The van der Waals surface area contributed by atoms with Gasteiger partial charge < -0.3 is 4.90 Å². The van der Waals surface area contributed by atoms with E-state index in [2.05, 4.69) is 18.6 Å². The minimum atomic E-state index is -3.66. The van der Waals surface area contributed by atoms with E-state index in [4.69, 9.17) is 0 Å². The van der Waals surface area contributed by atoms with Crippen molar-refractivity contribution in [2.45, 2.75) is 63.7 Å². The SMILES string of the molecule is C[C@@H]1CCC[C@@H](C)N1C(=O)[C@H]1C[C@@H](c2cccs2)NS(=O)(=O)N1C. The average molecular weight is 372 g/mol. The van der Waals surface area contributed by atoms with Gasteiger partial charge in [-0.25, -0.2) is 0 Å². The maximum atomic E-state index is 13.2. The topological polar surface area (TPSA) is 69.7 Å². The first-order valence-electron chi connectivity index (χ1n) is 8.42. The molecule has 1 aromatic rings. The van der Waals surface area contributed by atoms with Crippen LogP contribution in [0.1, 0.15) is 50.4 Å². The Bertz CT molecular complexity index is 679. The molecule has 0 radical (unpaired) electrons. The Labute approximate surface area is 148 Å². The van der Waals surface area contributed by atoms with E-state index >= 15 is 0 Å². The van der Waals surface area contributed by atoms with Crippen LogP contribution in [0.5, 0.6) is 0 Å². The highest BCUT2D eigenvalue weighted by Crippen LogP contribution is 2.33. The zero-order valence-electron chi connectivity index (χ0n) is 14.3. The molecule has 2 aliphatic heterocycles. The first-order chi connectivity index (χ1) is 11.3. The number of likely N-dealkylation sites (tertiary alicyclic amines) is 1. The summed E-state index contributed by atoms with van der Waals surface area (Å²) < 4.78 is 28.9. The Kier molecular flexibility index (Phi) is 5.01. The second-order valence-corrected chi connectivity index (χ2v) is 9.57. The van der Waals surface area contributed by atoms with Crippen LogP contribution in [0, 0.1) is 0 Å². The van der Waals surface area contributed by atoms with Gasteiger partial charge in [0, 0.05) is 24.0 Å². The summed E-state index contributed by atoms with van der Waals surface area (Å²) in [6.45, 7) is 4.11. The lowest BCUT2D eigenvalue weighted by atomic mass is 9.95. The summed E-state index contributed by atoms with van der Waals surface area (Å²) in [5.41, 5.74) is 0. The molecule has 0 saturated carbocycles. The zero-order valence-corrected chi connectivity index (χ0v) is 15.9. The van der Waals surface area contributed by atoms with E-state index in [0.717, 1.165) is 24.1 Å². The molecular formula is C16H25N3O3S2. The number of hydrogen-bond donors (Lipinski definition) is 1. The van der Waals surface area contributed by atoms with Crippen LogP contribution in [0.25, 0.3) is 0 Å². The Morgan fingerprint density at radius 3 is 2.54 bits per heavy atom. The molecule has 3 rings (SSSR count). The number of nitrogens with zero attached hydrogens (tertiary/aromatic N) is 2. The molecule has 4 atom stereocenters. The molecule has 2 aliphatic rings. The number of hydrogen-bond acceptors (Lipinski definition) is 4. The van der Waals surface area contributed by atoms with Gasteiger partial charge in [-0.05, 0) is 51.0 Å². The van der Waals surface area contributed by atoms with Crippen molar-refractivity contribution < 1.29 is 13.2 Å². The predicted molar refractivity (Wildman–Crippen MR) is 94.9 cm³/mol. The summed E-state index contributed by atoms with van der Waals surface area (Å²) in [6, 6.07) is 3.15. The molecular weight excluding hydrogens is 346 g/mol. The second-order valence-electron chi connectivity index (χ2n) is 6.83. The molecule has 2 saturated heterocycles. The fourth-order valence-electron chi connectivity index (χ4n) is 3.80. The Balaban J connectivity index is 1.88. The predicted octanol–water partition coefficient (Wildman–Crippen LogP) is 2.12. The van der Waals surface area contributed by atoms with E-state index in [9.17, 15) is 13.2 Å². The molecule has 2 fully saturated rings. The minimum Gasteiger partial charge on any atom is -0.336 e. The number of carbonyl (C=O) groups excluding carboxylic acids is 1. The normalized spacial score (nSPS) is 34.2. The maximum absolute atomic E-state index is 13.2. The van der Waals surface area contributed by atoms with Crippen molar-refractivity contribution >= 4 is 27.5 Å². The molecule has 0 bridgehead atoms. The number of rotatable bonds is 2. The quantitative estimate of drug-likeness (QED) is 0.866. The molecule has 6 nitrogen and oxygen atoms in total. The van der Waals surface area contributed by atoms with Gasteiger partial charge in [-0.1, -0.05) is 6.07 Å². The van der Waals surface area contributed by atoms with Crippen LogP contribution in [0.2, 0.25) is 0 Å². The summed E-state index contributed by atoms with van der Waals surface area (Å²) >= 11 is 1.51. The average Bonchev–Trinajstić information content (AvgIpc) is 3.03. The van der Waals surface area contributed by atoms with Gasteiger partial charge >= 0.3 is 0 Å². The first-order valence-corrected chi connectivity index (χ1v) is 10.7. The van der Waals surface area contributed by atoms with Gasteiger partial charge in [0.25, 0.3) is 10.2 Å². The van der Waals surface area contributed by atoms with Crippen LogP contribution in [0.4, 0.5) is 0 Å². The van der Waals surface area contributed by atoms with Gasteiger partial charge in [0.1, 0.15) is 6.04 Å². The van der Waals surface area contributed by atoms with Crippen LogP contribution in [0.15, 0.2) is 17.5 Å².